The Labute approximate surface area is 132 Å². The van der Waals surface area contributed by atoms with Crippen molar-refractivity contribution in [2.45, 2.75) is 18.8 Å². The van der Waals surface area contributed by atoms with Crippen molar-refractivity contribution in [3.05, 3.63) is 64.6 Å². The van der Waals surface area contributed by atoms with Crippen LogP contribution in [0.1, 0.15) is 18.0 Å². The summed E-state index contributed by atoms with van der Waals surface area (Å²) in [5.41, 5.74) is 2.06. The number of nitrogens with one attached hydrogen (secondary N) is 3. The molecule has 0 aliphatic carbocycles. The minimum Gasteiger partial charge on any atom is -0.353 e. The second kappa shape index (κ2) is 6.28. The summed E-state index contributed by atoms with van der Waals surface area (Å²) in [7, 11) is 0. The van der Waals surface area contributed by atoms with Crippen LogP contribution in [0.3, 0.4) is 0 Å². The molecule has 1 heterocycles. The van der Waals surface area contributed by atoms with Gasteiger partial charge in [0, 0.05) is 22.6 Å². The molecule has 2 aromatic carbocycles. The maximum absolute atomic E-state index is 11.9. The molecule has 21 heavy (non-hydrogen) atoms. The summed E-state index contributed by atoms with van der Waals surface area (Å²) in [6.45, 7) is 0. The van der Waals surface area contributed by atoms with E-state index in [0.717, 1.165) is 15.7 Å². The van der Waals surface area contributed by atoms with Gasteiger partial charge < -0.3 is 10.6 Å². The SMILES string of the molecule is O=C1CC(c2ccccc2)NC(Nc2cccc(Br)c2)N1. The molecular formula is C16H16BrN3O. The third-order valence-electron chi connectivity index (χ3n) is 3.40. The van der Waals surface area contributed by atoms with Crippen LogP contribution >= 0.6 is 15.9 Å². The minimum atomic E-state index is -0.286. The predicted octanol–water partition coefficient (Wildman–Crippen LogP) is 3.00. The van der Waals surface area contributed by atoms with E-state index in [1.54, 1.807) is 0 Å². The third-order valence-corrected chi connectivity index (χ3v) is 3.89. The molecule has 0 aromatic heterocycles. The predicted molar refractivity (Wildman–Crippen MR) is 86.6 cm³/mol. The topological polar surface area (TPSA) is 53.2 Å². The number of carbonyl (C=O) groups is 1. The fraction of sp³-hybridized carbons (Fsp3) is 0.188. The van der Waals surface area contributed by atoms with Crippen molar-refractivity contribution in [1.82, 2.24) is 10.6 Å². The van der Waals surface area contributed by atoms with Crippen molar-refractivity contribution >= 4 is 27.5 Å². The highest BCUT2D eigenvalue weighted by Gasteiger charge is 2.26. The zero-order valence-electron chi connectivity index (χ0n) is 11.3. The molecule has 1 aliphatic rings. The molecule has 0 spiro atoms. The Balaban J connectivity index is 1.73. The van der Waals surface area contributed by atoms with Gasteiger partial charge in [-0.1, -0.05) is 52.3 Å². The summed E-state index contributed by atoms with van der Waals surface area (Å²) in [6, 6.07) is 17.9. The van der Waals surface area contributed by atoms with Crippen LogP contribution in [0.15, 0.2) is 59.1 Å². The van der Waals surface area contributed by atoms with Gasteiger partial charge in [-0.05, 0) is 23.8 Å². The van der Waals surface area contributed by atoms with E-state index in [1.165, 1.54) is 0 Å². The van der Waals surface area contributed by atoms with Gasteiger partial charge in [0.25, 0.3) is 0 Å². The van der Waals surface area contributed by atoms with Gasteiger partial charge >= 0.3 is 0 Å². The summed E-state index contributed by atoms with van der Waals surface area (Å²) >= 11 is 3.44. The molecular weight excluding hydrogens is 330 g/mol. The number of amides is 1. The van der Waals surface area contributed by atoms with Gasteiger partial charge in [0.05, 0.1) is 0 Å². The van der Waals surface area contributed by atoms with Crippen LogP contribution in [-0.2, 0) is 4.79 Å². The summed E-state index contributed by atoms with van der Waals surface area (Å²) in [6.07, 6.45) is 0.159. The lowest BCUT2D eigenvalue weighted by molar-refractivity contribution is -0.124. The molecule has 108 valence electrons. The Kier molecular flexibility index (Phi) is 4.22. The molecule has 5 heteroatoms. The van der Waals surface area contributed by atoms with Gasteiger partial charge in [0.2, 0.25) is 5.91 Å². The van der Waals surface area contributed by atoms with E-state index < -0.39 is 0 Å². The van der Waals surface area contributed by atoms with Crippen molar-refractivity contribution in [3.63, 3.8) is 0 Å². The van der Waals surface area contributed by atoms with Crippen LogP contribution < -0.4 is 16.0 Å². The lowest BCUT2D eigenvalue weighted by atomic mass is 10.0. The average Bonchev–Trinajstić information content (AvgIpc) is 2.47. The van der Waals surface area contributed by atoms with Crippen LogP contribution in [0.4, 0.5) is 5.69 Å². The molecule has 2 unspecified atom stereocenters. The average molecular weight is 346 g/mol. The number of halogens is 1. The molecule has 0 bridgehead atoms. The highest BCUT2D eigenvalue weighted by Crippen LogP contribution is 2.21. The Morgan fingerprint density at radius 1 is 1.10 bits per heavy atom. The zero-order chi connectivity index (χ0) is 14.7. The summed E-state index contributed by atoms with van der Waals surface area (Å²) in [4.78, 5) is 11.9. The normalized spacial score (nSPS) is 21.7. The van der Waals surface area contributed by atoms with Gasteiger partial charge in [0.15, 0.2) is 6.29 Å². The highest BCUT2D eigenvalue weighted by atomic mass is 79.9. The Morgan fingerprint density at radius 2 is 1.90 bits per heavy atom. The largest absolute Gasteiger partial charge is 0.353 e. The molecule has 3 rings (SSSR count). The third kappa shape index (κ3) is 3.62. The molecule has 0 saturated carbocycles. The van der Waals surface area contributed by atoms with Crippen LogP contribution in [0.5, 0.6) is 0 Å². The Hall–Kier alpha value is -1.85. The molecule has 4 nitrogen and oxygen atoms in total. The lowest BCUT2D eigenvalue weighted by Gasteiger charge is -2.32. The first kappa shape index (κ1) is 14.1. The van der Waals surface area contributed by atoms with Crippen LogP contribution in [-0.4, -0.2) is 12.2 Å². The summed E-state index contributed by atoms with van der Waals surface area (Å²) in [5.74, 6) is 0.0371. The smallest absolute Gasteiger partial charge is 0.224 e. The minimum absolute atomic E-state index is 0.0182. The standard InChI is InChI=1S/C16H16BrN3O/c17-12-7-4-8-13(9-12)18-16-19-14(10-15(21)20-16)11-5-2-1-3-6-11/h1-9,14,16,18-19H,10H2,(H,20,21). The Bertz CT molecular complexity index is 632. The Morgan fingerprint density at radius 3 is 2.67 bits per heavy atom. The second-order valence-electron chi connectivity index (χ2n) is 4.99. The number of carbonyl (C=O) groups excluding carboxylic acids is 1. The molecule has 1 saturated heterocycles. The number of hydrogen-bond donors (Lipinski definition) is 3. The molecule has 3 N–H and O–H groups in total. The maximum Gasteiger partial charge on any atom is 0.224 e. The van der Waals surface area contributed by atoms with E-state index in [4.69, 9.17) is 0 Å². The lowest BCUT2D eigenvalue weighted by Crippen LogP contribution is -2.56. The fourth-order valence-corrected chi connectivity index (χ4v) is 2.83. The summed E-state index contributed by atoms with van der Waals surface area (Å²) < 4.78 is 0.995. The number of anilines is 1. The quantitative estimate of drug-likeness (QED) is 0.801. The number of benzene rings is 2. The van der Waals surface area contributed by atoms with Gasteiger partial charge in [-0.25, -0.2) is 0 Å². The summed E-state index contributed by atoms with van der Waals surface area (Å²) in [5, 5.41) is 9.60. The van der Waals surface area contributed by atoms with Gasteiger partial charge in [0.1, 0.15) is 0 Å². The number of rotatable bonds is 3. The van der Waals surface area contributed by atoms with Crippen molar-refractivity contribution in [1.29, 1.82) is 0 Å². The molecule has 1 amide bonds. The maximum atomic E-state index is 11.9. The molecule has 1 fully saturated rings. The highest BCUT2D eigenvalue weighted by molar-refractivity contribution is 9.10. The van der Waals surface area contributed by atoms with Crippen LogP contribution in [0, 0.1) is 0 Å². The van der Waals surface area contributed by atoms with Crippen molar-refractivity contribution in [2.24, 2.45) is 0 Å². The van der Waals surface area contributed by atoms with Crippen LogP contribution in [0.2, 0.25) is 0 Å². The van der Waals surface area contributed by atoms with Crippen molar-refractivity contribution in [2.75, 3.05) is 5.32 Å². The first-order chi connectivity index (χ1) is 10.2. The fourth-order valence-electron chi connectivity index (χ4n) is 2.43. The van der Waals surface area contributed by atoms with E-state index >= 15 is 0 Å². The molecule has 0 radical (unpaired) electrons. The second-order valence-corrected chi connectivity index (χ2v) is 5.90. The molecule has 2 aromatic rings. The van der Waals surface area contributed by atoms with Crippen molar-refractivity contribution in [3.8, 4) is 0 Å². The van der Waals surface area contributed by atoms with Gasteiger partial charge in [-0.15, -0.1) is 0 Å². The molecule has 2 atom stereocenters. The van der Waals surface area contributed by atoms with E-state index in [0.29, 0.717) is 6.42 Å². The molecule has 1 aliphatic heterocycles. The van der Waals surface area contributed by atoms with Crippen LogP contribution in [0.25, 0.3) is 0 Å². The monoisotopic (exact) mass is 345 g/mol. The first-order valence-corrected chi connectivity index (χ1v) is 7.62. The van der Waals surface area contributed by atoms with E-state index in [1.807, 2.05) is 54.6 Å². The van der Waals surface area contributed by atoms with Gasteiger partial charge in [-0.2, -0.15) is 0 Å². The zero-order valence-corrected chi connectivity index (χ0v) is 12.9. The van der Waals surface area contributed by atoms with Gasteiger partial charge in [-0.3, -0.25) is 10.1 Å². The first-order valence-electron chi connectivity index (χ1n) is 6.83. The van der Waals surface area contributed by atoms with E-state index in [2.05, 4.69) is 31.9 Å². The van der Waals surface area contributed by atoms with E-state index in [9.17, 15) is 4.79 Å². The number of hydrogen-bond acceptors (Lipinski definition) is 3. The van der Waals surface area contributed by atoms with E-state index in [-0.39, 0.29) is 18.2 Å². The van der Waals surface area contributed by atoms with Crippen molar-refractivity contribution < 1.29 is 4.79 Å².